The van der Waals surface area contributed by atoms with E-state index in [0.717, 1.165) is 46.2 Å². The molecule has 0 bridgehead atoms. The number of rotatable bonds is 19. The van der Waals surface area contributed by atoms with E-state index in [2.05, 4.69) is 31.6 Å². The Morgan fingerprint density at radius 2 is 0.841 bits per heavy atom. The van der Waals surface area contributed by atoms with Gasteiger partial charge in [-0.25, -0.2) is 0 Å². The molecule has 0 spiro atoms. The molecule has 0 saturated heterocycles. The SMILES string of the molecule is Cc1noc(C)c1-c1cc(C(=O)NCc2ccc(C(=O)NCCCCCCNC(=O)c3ccc(CNC(=O)c4cc(-c5c(C)noc5C)c(C)n(-c5cccc(C(F)(F)F)c5)c4=O)cc3)cc2)c(=O)n(-c2cccc(C(F)(F)F)c2)c1C. The number of halogens is 6. The van der Waals surface area contributed by atoms with E-state index in [1.807, 2.05) is 0 Å². The molecule has 4 aromatic heterocycles. The third kappa shape index (κ3) is 13.1. The minimum atomic E-state index is -4.68. The number of hydrogen-bond donors (Lipinski definition) is 4. The van der Waals surface area contributed by atoms with Crippen LogP contribution < -0.4 is 32.4 Å². The number of aryl methyl sites for hydroxylation is 4. The second-order valence-electron chi connectivity index (χ2n) is 19.6. The van der Waals surface area contributed by atoms with Gasteiger partial charge in [0, 0.05) is 82.3 Å². The topological polar surface area (TPSA) is 212 Å². The lowest BCUT2D eigenvalue weighted by Crippen LogP contribution is -2.33. The molecule has 0 atom stereocenters. The average Bonchev–Trinajstić information content (AvgIpc) is 3.43. The summed E-state index contributed by atoms with van der Waals surface area (Å²) >= 11 is 0. The highest BCUT2D eigenvalue weighted by Gasteiger charge is 2.33. The van der Waals surface area contributed by atoms with Gasteiger partial charge in [-0.3, -0.25) is 37.9 Å². The summed E-state index contributed by atoms with van der Waals surface area (Å²) in [5.41, 5.74) is 0.734. The minimum absolute atomic E-state index is 0.0373. The highest BCUT2D eigenvalue weighted by molar-refractivity contribution is 5.97. The van der Waals surface area contributed by atoms with Crippen molar-refractivity contribution in [2.24, 2.45) is 0 Å². The molecule has 22 heteroatoms. The van der Waals surface area contributed by atoms with Crippen molar-refractivity contribution in [1.29, 1.82) is 0 Å². The van der Waals surface area contributed by atoms with Gasteiger partial charge in [-0.05, 0) is 138 Å². The van der Waals surface area contributed by atoms with Crippen molar-refractivity contribution in [3.05, 3.63) is 209 Å². The van der Waals surface area contributed by atoms with E-state index in [0.29, 0.717) is 93.3 Å². The fourth-order valence-electron chi connectivity index (χ4n) is 9.55. The van der Waals surface area contributed by atoms with E-state index in [1.165, 1.54) is 36.4 Å². The van der Waals surface area contributed by atoms with Crippen LogP contribution in [0.1, 0.15) is 124 Å². The fraction of sp³-hybridized carbons (Fsp3) is 0.267. The normalized spacial score (nSPS) is 11.6. The van der Waals surface area contributed by atoms with Gasteiger partial charge in [-0.15, -0.1) is 0 Å². The van der Waals surface area contributed by atoms with Gasteiger partial charge >= 0.3 is 12.4 Å². The fourth-order valence-corrected chi connectivity index (χ4v) is 9.55. The Kier molecular flexibility index (Phi) is 17.6. The van der Waals surface area contributed by atoms with Crippen LogP contribution >= 0.6 is 0 Å². The second-order valence-corrected chi connectivity index (χ2v) is 19.6. The standard InChI is InChI=1S/C60H56F6N8O8/c1-33-51(37(5)81-71-33)47-29-49(57(79)73(35(47)3)45-15-11-13-43(27-45)59(61,62)63)55(77)69-31-39-17-21-41(22-18-39)53(75)67-25-9-7-8-10-26-68-54(76)42-23-19-40(20-24-42)32-70-56(78)50-30-48(52-34(2)72-82-38(52)6)36(4)74(58(50)80)46-16-12-14-44(28-46)60(64,65)66/h11-24,27-30H,7-10,25-26,31-32H2,1-6H3,(H,67,75)(H,68,76)(H,69,77)(H,70,78). The zero-order chi connectivity index (χ0) is 59.2. The summed E-state index contributed by atoms with van der Waals surface area (Å²) in [4.78, 5) is 81.0. The number of benzene rings is 4. The van der Waals surface area contributed by atoms with Crippen LogP contribution in [0.25, 0.3) is 33.6 Å². The third-order valence-corrected chi connectivity index (χ3v) is 13.9. The van der Waals surface area contributed by atoms with Crippen molar-refractivity contribution in [2.45, 2.75) is 92.7 Å². The van der Waals surface area contributed by atoms with Crippen molar-refractivity contribution in [1.82, 2.24) is 40.7 Å². The first-order valence-corrected chi connectivity index (χ1v) is 26.0. The highest BCUT2D eigenvalue weighted by atomic mass is 19.4. The lowest BCUT2D eigenvalue weighted by atomic mass is 9.99. The molecule has 4 N–H and O–H groups in total. The number of carbonyl (C=O) groups excluding carboxylic acids is 4. The number of pyridine rings is 2. The van der Waals surface area contributed by atoms with Crippen LogP contribution in [0.5, 0.6) is 0 Å². The Morgan fingerprint density at radius 1 is 0.476 bits per heavy atom. The molecule has 0 fully saturated rings. The molecule has 8 rings (SSSR count). The number of nitrogens with one attached hydrogen (secondary N) is 4. The summed E-state index contributed by atoms with van der Waals surface area (Å²) in [7, 11) is 0. The summed E-state index contributed by atoms with van der Waals surface area (Å²) in [6, 6.07) is 24.2. The van der Waals surface area contributed by atoms with Crippen molar-refractivity contribution in [3.63, 3.8) is 0 Å². The van der Waals surface area contributed by atoms with E-state index in [-0.39, 0.29) is 58.8 Å². The maximum Gasteiger partial charge on any atom is 0.416 e. The monoisotopic (exact) mass is 1130 g/mol. The zero-order valence-electron chi connectivity index (χ0n) is 45.4. The van der Waals surface area contributed by atoms with E-state index < -0.39 is 46.4 Å². The van der Waals surface area contributed by atoms with Crippen LogP contribution in [0.2, 0.25) is 0 Å². The van der Waals surface area contributed by atoms with Crippen LogP contribution in [0, 0.1) is 41.5 Å². The largest absolute Gasteiger partial charge is 0.416 e. The van der Waals surface area contributed by atoms with Gasteiger partial charge in [0.15, 0.2) is 0 Å². The molecule has 16 nitrogen and oxygen atoms in total. The summed E-state index contributed by atoms with van der Waals surface area (Å²) in [5, 5.41) is 19.1. The molecule has 8 aromatic rings. The first-order chi connectivity index (χ1) is 38.9. The predicted octanol–water partition coefficient (Wildman–Crippen LogP) is 10.8. The maximum atomic E-state index is 13.9. The number of nitrogens with zero attached hydrogens (tertiary/aromatic N) is 4. The summed E-state index contributed by atoms with van der Waals surface area (Å²) < 4.78 is 95.1. The summed E-state index contributed by atoms with van der Waals surface area (Å²) in [6.07, 6.45) is -6.48. The first-order valence-electron chi connectivity index (χ1n) is 26.0. The lowest BCUT2D eigenvalue weighted by molar-refractivity contribution is -0.138. The van der Waals surface area contributed by atoms with Gasteiger partial charge in [0.1, 0.15) is 22.6 Å². The Bertz CT molecular complexity index is 3550. The molecule has 0 aliphatic heterocycles. The molecule has 4 aromatic carbocycles. The molecule has 4 heterocycles. The molecule has 0 aliphatic carbocycles. The molecule has 0 saturated carbocycles. The van der Waals surface area contributed by atoms with Crippen molar-refractivity contribution >= 4 is 23.6 Å². The van der Waals surface area contributed by atoms with Gasteiger partial charge in [0.25, 0.3) is 34.7 Å². The van der Waals surface area contributed by atoms with Crippen LogP contribution in [-0.4, -0.2) is 56.2 Å². The van der Waals surface area contributed by atoms with Gasteiger partial charge < -0.3 is 30.3 Å². The molecular formula is C60H56F6N8O8. The van der Waals surface area contributed by atoms with Gasteiger partial charge in [-0.1, -0.05) is 59.6 Å². The van der Waals surface area contributed by atoms with Crippen molar-refractivity contribution < 1.29 is 54.6 Å². The van der Waals surface area contributed by atoms with Crippen molar-refractivity contribution in [3.8, 4) is 33.6 Å². The molecule has 426 valence electrons. The smallest absolute Gasteiger partial charge is 0.361 e. The van der Waals surface area contributed by atoms with E-state index >= 15 is 0 Å². The number of carbonyl (C=O) groups is 4. The molecular weight excluding hydrogens is 1070 g/mol. The van der Waals surface area contributed by atoms with Gasteiger partial charge in [0.2, 0.25) is 0 Å². The van der Waals surface area contributed by atoms with E-state index in [1.54, 1.807) is 90.1 Å². The molecule has 0 radical (unpaired) electrons. The summed E-state index contributed by atoms with van der Waals surface area (Å²) in [5.74, 6) is -1.40. The van der Waals surface area contributed by atoms with Crippen LogP contribution in [-0.2, 0) is 25.4 Å². The van der Waals surface area contributed by atoms with Crippen LogP contribution in [0.4, 0.5) is 26.3 Å². The number of aromatic nitrogens is 4. The van der Waals surface area contributed by atoms with E-state index in [9.17, 15) is 55.1 Å². The van der Waals surface area contributed by atoms with Gasteiger partial charge in [-0.2, -0.15) is 26.3 Å². The third-order valence-electron chi connectivity index (χ3n) is 13.9. The maximum absolute atomic E-state index is 13.9. The highest BCUT2D eigenvalue weighted by Crippen LogP contribution is 2.35. The predicted molar refractivity (Wildman–Crippen MR) is 292 cm³/mol. The number of unbranched alkanes of at least 4 members (excludes halogenated alkanes) is 3. The Hall–Kier alpha value is -9.34. The number of amides is 4. The first kappa shape index (κ1) is 58.8. The number of hydrogen-bond acceptors (Lipinski definition) is 10. The van der Waals surface area contributed by atoms with Crippen LogP contribution in [0.3, 0.4) is 0 Å². The van der Waals surface area contributed by atoms with Gasteiger partial charge in [0.05, 0.1) is 22.5 Å². The van der Waals surface area contributed by atoms with Crippen LogP contribution in [0.15, 0.2) is 128 Å². The molecule has 0 unspecified atom stereocenters. The lowest BCUT2D eigenvalue weighted by Gasteiger charge is -2.18. The summed E-state index contributed by atoms with van der Waals surface area (Å²) in [6.45, 7) is 10.5. The van der Waals surface area contributed by atoms with E-state index in [4.69, 9.17) is 9.05 Å². The average molecular weight is 1130 g/mol. The molecule has 0 aliphatic rings. The zero-order valence-corrected chi connectivity index (χ0v) is 45.4. The molecule has 82 heavy (non-hydrogen) atoms. The van der Waals surface area contributed by atoms with Crippen molar-refractivity contribution in [2.75, 3.05) is 13.1 Å². The second kappa shape index (κ2) is 24.6. The Labute approximate surface area is 465 Å². The molecule has 4 amide bonds. The Balaban J connectivity index is 0.780. The number of alkyl halides is 6. The minimum Gasteiger partial charge on any atom is -0.361 e. The quantitative estimate of drug-likeness (QED) is 0.0444. The Morgan fingerprint density at radius 3 is 1.17 bits per heavy atom.